The Hall–Kier alpha value is -1.35. The van der Waals surface area contributed by atoms with Gasteiger partial charge in [0.05, 0.1) is 5.69 Å². The van der Waals surface area contributed by atoms with Gasteiger partial charge in [-0.2, -0.15) is 0 Å². The fourth-order valence-corrected chi connectivity index (χ4v) is 1.33. The molecule has 0 spiro atoms. The third kappa shape index (κ3) is 2.33. The highest BCUT2D eigenvalue weighted by Gasteiger charge is 2.07. The van der Waals surface area contributed by atoms with E-state index in [-0.39, 0.29) is 5.82 Å². The predicted molar refractivity (Wildman–Crippen MR) is 58.8 cm³/mol. The highest BCUT2D eigenvalue weighted by atomic mass is 19.1. The molecule has 0 aliphatic carbocycles. The van der Waals surface area contributed by atoms with Crippen molar-refractivity contribution in [2.45, 2.75) is 0 Å². The number of halogens is 1. The normalized spacial score (nSPS) is 10.9. The van der Waals surface area contributed by atoms with Gasteiger partial charge in [-0.05, 0) is 6.07 Å². The molecule has 0 bridgehead atoms. The first-order chi connectivity index (χ1) is 6.66. The maximum atomic E-state index is 13.4. The third-order valence-corrected chi connectivity index (χ3v) is 1.90. The van der Waals surface area contributed by atoms with Gasteiger partial charge in [-0.3, -0.25) is 0 Å². The number of benzene rings is 1. The van der Waals surface area contributed by atoms with Gasteiger partial charge in [-0.15, -0.1) is 0 Å². The number of anilines is 1. The predicted octanol–water partition coefficient (Wildman–Crippen LogP) is 1.86. The summed E-state index contributed by atoms with van der Waals surface area (Å²) in [6, 6.07) is 5.01. The molecule has 3 heteroatoms. The van der Waals surface area contributed by atoms with E-state index in [4.69, 9.17) is 5.73 Å². The van der Waals surface area contributed by atoms with Crippen LogP contribution in [0.3, 0.4) is 0 Å². The fourth-order valence-electron chi connectivity index (χ4n) is 1.33. The van der Waals surface area contributed by atoms with Gasteiger partial charge in [0.1, 0.15) is 5.82 Å². The van der Waals surface area contributed by atoms with E-state index in [1.165, 1.54) is 6.07 Å². The molecule has 1 aromatic carbocycles. The monoisotopic (exact) mass is 194 g/mol. The molecule has 0 aromatic heterocycles. The van der Waals surface area contributed by atoms with Crippen molar-refractivity contribution in [3.05, 3.63) is 35.7 Å². The van der Waals surface area contributed by atoms with Crippen LogP contribution in [0, 0.1) is 5.82 Å². The molecule has 2 nitrogen and oxygen atoms in total. The van der Waals surface area contributed by atoms with Crippen molar-refractivity contribution in [2.24, 2.45) is 5.73 Å². The zero-order valence-corrected chi connectivity index (χ0v) is 8.50. The Balaban J connectivity index is 3.14. The van der Waals surface area contributed by atoms with Crippen LogP contribution in [-0.2, 0) is 0 Å². The summed E-state index contributed by atoms with van der Waals surface area (Å²) in [6.45, 7) is 0.462. The molecule has 0 amide bonds. The van der Waals surface area contributed by atoms with Crippen molar-refractivity contribution < 1.29 is 4.39 Å². The highest BCUT2D eigenvalue weighted by Crippen LogP contribution is 2.23. The molecule has 0 radical (unpaired) electrons. The summed E-state index contributed by atoms with van der Waals surface area (Å²) < 4.78 is 13.4. The van der Waals surface area contributed by atoms with Gasteiger partial charge in [0.25, 0.3) is 0 Å². The van der Waals surface area contributed by atoms with Crippen LogP contribution < -0.4 is 10.6 Å². The van der Waals surface area contributed by atoms with Crippen molar-refractivity contribution in [3.8, 4) is 0 Å². The van der Waals surface area contributed by atoms with Crippen LogP contribution in [0.2, 0.25) is 0 Å². The molecule has 0 aliphatic rings. The molecule has 0 saturated carbocycles. The van der Waals surface area contributed by atoms with Crippen LogP contribution in [-0.4, -0.2) is 20.6 Å². The molecule has 1 aromatic rings. The van der Waals surface area contributed by atoms with Crippen molar-refractivity contribution in [1.82, 2.24) is 0 Å². The second-order valence-corrected chi connectivity index (χ2v) is 3.21. The number of hydrogen-bond acceptors (Lipinski definition) is 2. The molecule has 0 saturated heterocycles. The summed E-state index contributed by atoms with van der Waals surface area (Å²) in [5.41, 5.74) is 6.79. The molecule has 0 heterocycles. The summed E-state index contributed by atoms with van der Waals surface area (Å²) in [6.07, 6.45) is 3.64. The molecular formula is C11H15FN2. The lowest BCUT2D eigenvalue weighted by atomic mass is 10.1. The smallest absolute Gasteiger partial charge is 0.147 e. The Kier molecular flexibility index (Phi) is 3.65. The van der Waals surface area contributed by atoms with Gasteiger partial charge in [0, 0.05) is 26.2 Å². The van der Waals surface area contributed by atoms with Crippen LogP contribution >= 0.6 is 0 Å². The Morgan fingerprint density at radius 2 is 2.14 bits per heavy atom. The summed E-state index contributed by atoms with van der Waals surface area (Å²) in [5.74, 6) is -0.214. The average molecular weight is 194 g/mol. The maximum Gasteiger partial charge on any atom is 0.147 e. The first-order valence-electron chi connectivity index (χ1n) is 4.49. The summed E-state index contributed by atoms with van der Waals surface area (Å²) in [7, 11) is 3.64. The fraction of sp³-hybridized carbons (Fsp3) is 0.273. The van der Waals surface area contributed by atoms with Crippen LogP contribution in [0.5, 0.6) is 0 Å². The van der Waals surface area contributed by atoms with Gasteiger partial charge >= 0.3 is 0 Å². The van der Waals surface area contributed by atoms with Gasteiger partial charge in [-0.25, -0.2) is 4.39 Å². The summed E-state index contributed by atoms with van der Waals surface area (Å²) >= 11 is 0. The van der Waals surface area contributed by atoms with Crippen LogP contribution in [0.25, 0.3) is 6.08 Å². The van der Waals surface area contributed by atoms with Crippen molar-refractivity contribution in [1.29, 1.82) is 0 Å². The lowest BCUT2D eigenvalue weighted by Crippen LogP contribution is -2.12. The number of nitrogens with zero attached hydrogens (tertiary/aromatic N) is 1. The molecule has 0 atom stereocenters. The molecule has 14 heavy (non-hydrogen) atoms. The third-order valence-electron chi connectivity index (χ3n) is 1.90. The summed E-state index contributed by atoms with van der Waals surface area (Å²) in [4.78, 5) is 1.76. The van der Waals surface area contributed by atoms with E-state index in [9.17, 15) is 4.39 Å². The SMILES string of the molecule is CN(C)c1c(F)cccc1/C=C/CN. The van der Waals surface area contributed by atoms with Crippen LogP contribution in [0.1, 0.15) is 5.56 Å². The van der Waals surface area contributed by atoms with E-state index in [1.54, 1.807) is 11.0 Å². The number of hydrogen-bond donors (Lipinski definition) is 1. The molecule has 2 N–H and O–H groups in total. The molecule has 0 aliphatic heterocycles. The van der Waals surface area contributed by atoms with Gasteiger partial charge in [0.15, 0.2) is 0 Å². The van der Waals surface area contributed by atoms with E-state index in [1.807, 2.05) is 32.3 Å². The molecular weight excluding hydrogens is 179 g/mol. The Bertz CT molecular complexity index is 332. The second kappa shape index (κ2) is 4.77. The van der Waals surface area contributed by atoms with Crippen LogP contribution in [0.4, 0.5) is 10.1 Å². The lowest BCUT2D eigenvalue weighted by molar-refractivity contribution is 0.626. The quantitative estimate of drug-likeness (QED) is 0.795. The van der Waals surface area contributed by atoms with Gasteiger partial charge in [-0.1, -0.05) is 24.3 Å². The first kappa shape index (κ1) is 10.7. The van der Waals surface area contributed by atoms with Crippen molar-refractivity contribution in [2.75, 3.05) is 25.5 Å². The topological polar surface area (TPSA) is 29.3 Å². The van der Waals surface area contributed by atoms with Crippen molar-refractivity contribution in [3.63, 3.8) is 0 Å². The van der Waals surface area contributed by atoms with Gasteiger partial charge < -0.3 is 10.6 Å². The number of nitrogens with two attached hydrogens (primary N) is 1. The molecule has 0 fully saturated rings. The van der Waals surface area contributed by atoms with Gasteiger partial charge in [0.2, 0.25) is 0 Å². The molecule has 0 unspecified atom stereocenters. The second-order valence-electron chi connectivity index (χ2n) is 3.21. The lowest BCUT2D eigenvalue weighted by Gasteiger charge is -2.16. The van der Waals surface area contributed by atoms with E-state index < -0.39 is 0 Å². The van der Waals surface area contributed by atoms with E-state index in [0.29, 0.717) is 12.2 Å². The zero-order valence-electron chi connectivity index (χ0n) is 8.50. The van der Waals surface area contributed by atoms with E-state index in [0.717, 1.165) is 5.56 Å². The average Bonchev–Trinajstić information content (AvgIpc) is 2.14. The summed E-state index contributed by atoms with van der Waals surface area (Å²) in [5, 5.41) is 0. The number of rotatable bonds is 3. The Morgan fingerprint density at radius 3 is 2.71 bits per heavy atom. The van der Waals surface area contributed by atoms with E-state index in [2.05, 4.69) is 0 Å². The Morgan fingerprint density at radius 1 is 1.43 bits per heavy atom. The minimum atomic E-state index is -0.214. The van der Waals surface area contributed by atoms with Crippen LogP contribution in [0.15, 0.2) is 24.3 Å². The maximum absolute atomic E-state index is 13.4. The minimum absolute atomic E-state index is 0.214. The largest absolute Gasteiger partial charge is 0.375 e. The standard InChI is InChI=1S/C11H15FN2/c1-14(2)11-9(6-4-8-13)5-3-7-10(11)12/h3-7H,8,13H2,1-2H3/b6-4+. The Labute approximate surface area is 83.8 Å². The highest BCUT2D eigenvalue weighted by molar-refractivity contribution is 5.67. The minimum Gasteiger partial charge on any atom is -0.375 e. The first-order valence-corrected chi connectivity index (χ1v) is 4.49. The van der Waals surface area contributed by atoms with E-state index >= 15 is 0 Å². The molecule has 1 rings (SSSR count). The zero-order chi connectivity index (χ0) is 10.6. The number of para-hydroxylation sites is 1. The molecule has 76 valence electrons. The van der Waals surface area contributed by atoms with Crippen molar-refractivity contribution >= 4 is 11.8 Å².